The minimum absolute atomic E-state index is 0.0282. The summed E-state index contributed by atoms with van der Waals surface area (Å²) in [5, 5.41) is 13.3. The van der Waals surface area contributed by atoms with E-state index in [1.165, 1.54) is 0 Å². The highest BCUT2D eigenvalue weighted by atomic mass is 32.2. The smallest absolute Gasteiger partial charge is 0.152 e. The molecule has 5 heteroatoms. The van der Waals surface area contributed by atoms with Gasteiger partial charge >= 0.3 is 0 Å². The molecule has 1 aromatic rings. The molecule has 106 valence electrons. The first-order valence-corrected chi connectivity index (χ1v) is 8.43. The predicted molar refractivity (Wildman–Crippen MR) is 76.0 cm³/mol. The summed E-state index contributed by atoms with van der Waals surface area (Å²) in [6, 6.07) is 7.18. The van der Waals surface area contributed by atoms with Crippen LogP contribution in [0.5, 0.6) is 5.75 Å². The molecule has 19 heavy (non-hydrogen) atoms. The van der Waals surface area contributed by atoms with Gasteiger partial charge in [0.1, 0.15) is 5.75 Å². The highest BCUT2D eigenvalue weighted by molar-refractivity contribution is 7.91. The van der Waals surface area contributed by atoms with E-state index in [2.05, 4.69) is 5.32 Å². The van der Waals surface area contributed by atoms with Crippen LogP contribution in [-0.2, 0) is 9.84 Å². The van der Waals surface area contributed by atoms with Crippen molar-refractivity contribution in [2.75, 3.05) is 11.5 Å². The summed E-state index contributed by atoms with van der Waals surface area (Å²) in [4.78, 5) is 0. The van der Waals surface area contributed by atoms with E-state index in [0.29, 0.717) is 6.42 Å². The molecule has 1 aliphatic heterocycles. The fraction of sp³-hybridized carbons (Fsp3) is 0.571. The van der Waals surface area contributed by atoms with Crippen LogP contribution >= 0.6 is 0 Å². The first-order chi connectivity index (χ1) is 8.85. The van der Waals surface area contributed by atoms with Crippen molar-refractivity contribution in [1.82, 2.24) is 5.32 Å². The molecule has 1 aliphatic rings. The van der Waals surface area contributed by atoms with E-state index >= 15 is 0 Å². The second kappa shape index (κ2) is 5.13. The Morgan fingerprint density at radius 1 is 1.42 bits per heavy atom. The Bertz CT molecular complexity index is 556. The molecule has 0 aromatic heterocycles. The molecule has 1 aromatic carbocycles. The molecule has 2 unspecified atom stereocenters. The number of phenolic OH excluding ortho intramolecular Hbond substituents is 1. The van der Waals surface area contributed by atoms with Crippen LogP contribution in [0.3, 0.4) is 0 Å². The Morgan fingerprint density at radius 2 is 2.11 bits per heavy atom. The Hall–Kier alpha value is -1.07. The highest BCUT2D eigenvalue weighted by Crippen LogP contribution is 2.31. The maximum atomic E-state index is 11.6. The van der Waals surface area contributed by atoms with Crippen LogP contribution in [0, 0.1) is 0 Å². The van der Waals surface area contributed by atoms with E-state index in [-0.39, 0.29) is 23.3 Å². The molecule has 0 bridgehead atoms. The minimum Gasteiger partial charge on any atom is -0.508 e. The highest BCUT2D eigenvalue weighted by Gasteiger charge is 2.39. The Morgan fingerprint density at radius 3 is 2.63 bits per heavy atom. The van der Waals surface area contributed by atoms with Crippen LogP contribution in [0.4, 0.5) is 0 Å². The predicted octanol–water partition coefficient (Wildman–Crippen LogP) is 2.01. The van der Waals surface area contributed by atoms with E-state index in [1.54, 1.807) is 12.1 Å². The van der Waals surface area contributed by atoms with Gasteiger partial charge in [-0.05, 0) is 25.8 Å². The van der Waals surface area contributed by atoms with E-state index in [1.807, 2.05) is 26.0 Å². The maximum absolute atomic E-state index is 11.6. The van der Waals surface area contributed by atoms with Crippen LogP contribution in [-0.4, -0.2) is 30.6 Å². The zero-order chi connectivity index (χ0) is 14.1. The average Bonchev–Trinajstić information content (AvgIpc) is 2.62. The third kappa shape index (κ3) is 3.28. The zero-order valence-electron chi connectivity index (χ0n) is 11.4. The van der Waals surface area contributed by atoms with Gasteiger partial charge in [0, 0.05) is 17.1 Å². The van der Waals surface area contributed by atoms with Crippen LogP contribution in [0.15, 0.2) is 24.3 Å². The monoisotopic (exact) mass is 283 g/mol. The molecule has 1 fully saturated rings. The second-order valence-electron chi connectivity index (χ2n) is 5.57. The van der Waals surface area contributed by atoms with E-state index in [0.717, 1.165) is 12.0 Å². The summed E-state index contributed by atoms with van der Waals surface area (Å²) in [6.45, 7) is 3.97. The first-order valence-electron chi connectivity index (χ1n) is 6.61. The van der Waals surface area contributed by atoms with Crippen LogP contribution < -0.4 is 5.32 Å². The standard InChI is InChI=1S/C14H21NO3S/c1-3-12(11-6-4-5-7-13(11)16)15-14(2)8-9-19(17,18)10-14/h4-7,12,15-16H,3,8-10H2,1-2H3. The lowest BCUT2D eigenvalue weighted by Gasteiger charge is -2.30. The average molecular weight is 283 g/mol. The molecule has 0 amide bonds. The molecule has 0 saturated carbocycles. The molecule has 1 heterocycles. The largest absolute Gasteiger partial charge is 0.508 e. The quantitative estimate of drug-likeness (QED) is 0.887. The Balaban J connectivity index is 2.19. The molecule has 2 atom stereocenters. The van der Waals surface area contributed by atoms with Crippen LogP contribution in [0.1, 0.15) is 38.3 Å². The third-order valence-corrected chi connectivity index (χ3v) is 5.65. The number of nitrogens with one attached hydrogen (secondary N) is 1. The van der Waals surface area contributed by atoms with Crippen molar-refractivity contribution >= 4 is 9.84 Å². The number of sulfone groups is 1. The van der Waals surface area contributed by atoms with E-state index in [4.69, 9.17) is 0 Å². The summed E-state index contributed by atoms with van der Waals surface area (Å²) in [6.07, 6.45) is 1.42. The van der Waals surface area contributed by atoms with Crippen molar-refractivity contribution in [2.45, 2.75) is 38.3 Å². The van der Waals surface area contributed by atoms with Gasteiger partial charge in [0.15, 0.2) is 9.84 Å². The van der Waals surface area contributed by atoms with Gasteiger partial charge in [0.25, 0.3) is 0 Å². The van der Waals surface area contributed by atoms with E-state index < -0.39 is 15.4 Å². The van der Waals surface area contributed by atoms with Crippen molar-refractivity contribution in [3.05, 3.63) is 29.8 Å². The number of benzene rings is 1. The Labute approximate surface area is 114 Å². The van der Waals surface area contributed by atoms with Crippen LogP contribution in [0.25, 0.3) is 0 Å². The Kier molecular flexibility index (Phi) is 3.87. The number of aromatic hydroxyl groups is 1. The molecule has 2 N–H and O–H groups in total. The van der Waals surface area contributed by atoms with Gasteiger partial charge in [0.05, 0.1) is 11.5 Å². The molecule has 4 nitrogen and oxygen atoms in total. The number of phenols is 1. The topological polar surface area (TPSA) is 66.4 Å². The fourth-order valence-electron chi connectivity index (χ4n) is 2.73. The van der Waals surface area contributed by atoms with Crippen molar-refractivity contribution in [3.8, 4) is 5.75 Å². The summed E-state index contributed by atoms with van der Waals surface area (Å²) in [5.41, 5.74) is 0.428. The van der Waals surface area contributed by atoms with Gasteiger partial charge in [-0.3, -0.25) is 0 Å². The van der Waals surface area contributed by atoms with Crippen LogP contribution in [0.2, 0.25) is 0 Å². The molecule has 0 radical (unpaired) electrons. The minimum atomic E-state index is -2.93. The summed E-state index contributed by atoms with van der Waals surface area (Å²) in [5.74, 6) is 0.670. The molecular formula is C14H21NO3S. The molecule has 1 saturated heterocycles. The van der Waals surface area contributed by atoms with Crippen molar-refractivity contribution in [3.63, 3.8) is 0 Å². The molecule has 2 rings (SSSR count). The van der Waals surface area contributed by atoms with Crippen molar-refractivity contribution < 1.29 is 13.5 Å². The zero-order valence-corrected chi connectivity index (χ0v) is 12.2. The maximum Gasteiger partial charge on any atom is 0.152 e. The number of rotatable bonds is 4. The lowest BCUT2D eigenvalue weighted by Crippen LogP contribution is -2.45. The van der Waals surface area contributed by atoms with Crippen molar-refractivity contribution in [2.24, 2.45) is 0 Å². The van der Waals surface area contributed by atoms with Gasteiger partial charge in [-0.15, -0.1) is 0 Å². The van der Waals surface area contributed by atoms with Gasteiger partial charge in [-0.1, -0.05) is 25.1 Å². The summed E-state index contributed by atoms with van der Waals surface area (Å²) >= 11 is 0. The third-order valence-electron chi connectivity index (χ3n) is 3.75. The molecule has 0 aliphatic carbocycles. The SMILES string of the molecule is CCC(NC1(C)CCS(=O)(=O)C1)c1ccccc1O. The van der Waals surface area contributed by atoms with Gasteiger partial charge in [0.2, 0.25) is 0 Å². The van der Waals surface area contributed by atoms with Gasteiger partial charge in [-0.25, -0.2) is 8.42 Å². The van der Waals surface area contributed by atoms with E-state index in [9.17, 15) is 13.5 Å². The van der Waals surface area contributed by atoms with Crippen molar-refractivity contribution in [1.29, 1.82) is 0 Å². The number of hydrogen-bond donors (Lipinski definition) is 2. The lowest BCUT2D eigenvalue weighted by molar-refractivity contribution is 0.330. The molecular weight excluding hydrogens is 262 g/mol. The summed E-state index contributed by atoms with van der Waals surface area (Å²) in [7, 11) is -2.93. The van der Waals surface area contributed by atoms with Gasteiger partial charge in [-0.2, -0.15) is 0 Å². The fourth-order valence-corrected chi connectivity index (χ4v) is 4.83. The molecule has 0 spiro atoms. The normalized spacial score (nSPS) is 27.3. The second-order valence-corrected chi connectivity index (χ2v) is 7.75. The number of para-hydroxylation sites is 1. The summed E-state index contributed by atoms with van der Waals surface area (Å²) < 4.78 is 23.3. The number of hydrogen-bond acceptors (Lipinski definition) is 4. The first kappa shape index (κ1) is 14.3. The lowest BCUT2D eigenvalue weighted by atomic mass is 9.96. The van der Waals surface area contributed by atoms with Gasteiger partial charge < -0.3 is 10.4 Å².